The zero-order chi connectivity index (χ0) is 23.0. The van der Waals surface area contributed by atoms with Crippen LogP contribution in [0.4, 0.5) is 5.69 Å². The zero-order valence-corrected chi connectivity index (χ0v) is 18.6. The molecule has 0 fully saturated rings. The maximum Gasteiger partial charge on any atom is 0.335 e. The number of rotatable bonds is 11. The number of aromatic carboxylic acids is 1. The largest absolute Gasteiger partial charge is 0.497 e. The van der Waals surface area contributed by atoms with Crippen molar-refractivity contribution in [2.75, 3.05) is 25.5 Å². The molecule has 7 nitrogen and oxygen atoms in total. The lowest BCUT2D eigenvalue weighted by atomic mass is 10.1. The molecule has 0 amide bonds. The van der Waals surface area contributed by atoms with Crippen LogP contribution in [-0.4, -0.2) is 39.7 Å². The topological polar surface area (TPSA) is 105 Å². The number of methoxy groups -OCH3 is 1. The van der Waals surface area contributed by atoms with Crippen molar-refractivity contribution in [1.29, 1.82) is 0 Å². The third kappa shape index (κ3) is 6.32. The molecule has 168 valence electrons. The maximum atomic E-state index is 13.0. The van der Waals surface area contributed by atoms with E-state index in [0.29, 0.717) is 25.1 Å². The minimum atomic E-state index is -3.91. The Bertz CT molecular complexity index is 1150. The molecule has 0 bridgehead atoms. The Kier molecular flexibility index (Phi) is 7.86. The van der Waals surface area contributed by atoms with E-state index in [0.717, 1.165) is 16.9 Å². The smallest absolute Gasteiger partial charge is 0.335 e. The normalized spacial score (nSPS) is 11.2. The Morgan fingerprint density at radius 3 is 2.22 bits per heavy atom. The Balaban J connectivity index is 1.71. The van der Waals surface area contributed by atoms with Gasteiger partial charge in [-0.15, -0.1) is 0 Å². The SMILES string of the molecule is COc1ccc(CCNc2ccc(C(=O)O)cc2S(=O)(=O)NCCc2ccccc2)cc1. The zero-order valence-electron chi connectivity index (χ0n) is 17.7. The van der Waals surface area contributed by atoms with Crippen LogP contribution in [0.3, 0.4) is 0 Å². The molecule has 0 atom stereocenters. The predicted octanol–water partition coefficient (Wildman–Crippen LogP) is 3.57. The number of ether oxygens (including phenoxy) is 1. The number of hydrogen-bond acceptors (Lipinski definition) is 5. The van der Waals surface area contributed by atoms with Crippen LogP contribution in [0.2, 0.25) is 0 Å². The molecular weight excluding hydrogens is 428 g/mol. The van der Waals surface area contributed by atoms with Crippen molar-refractivity contribution in [3.63, 3.8) is 0 Å². The Hall–Kier alpha value is -3.36. The molecule has 8 heteroatoms. The van der Waals surface area contributed by atoms with Crippen LogP contribution in [-0.2, 0) is 22.9 Å². The van der Waals surface area contributed by atoms with Crippen molar-refractivity contribution in [3.05, 3.63) is 89.5 Å². The van der Waals surface area contributed by atoms with Gasteiger partial charge in [0.05, 0.1) is 18.4 Å². The third-order valence-electron chi connectivity index (χ3n) is 4.95. The maximum absolute atomic E-state index is 13.0. The lowest BCUT2D eigenvalue weighted by Gasteiger charge is -2.14. The van der Waals surface area contributed by atoms with Crippen molar-refractivity contribution in [3.8, 4) is 5.75 Å². The number of nitrogens with one attached hydrogen (secondary N) is 2. The second-order valence-corrected chi connectivity index (χ2v) is 8.91. The molecular formula is C24H26N2O5S. The van der Waals surface area contributed by atoms with Gasteiger partial charge in [0.25, 0.3) is 0 Å². The van der Waals surface area contributed by atoms with Gasteiger partial charge in [0.1, 0.15) is 10.6 Å². The number of carboxylic acid groups (broad SMARTS) is 1. The first-order valence-corrected chi connectivity index (χ1v) is 11.6. The second kappa shape index (κ2) is 10.8. The first-order chi connectivity index (χ1) is 15.4. The standard InChI is InChI=1S/C24H26N2O5S/c1-31-21-10-7-19(8-11-21)13-15-25-22-12-9-20(24(27)28)17-23(22)32(29,30)26-16-14-18-5-3-2-4-6-18/h2-12,17,25-26H,13-16H2,1H3,(H,27,28). The summed E-state index contributed by atoms with van der Waals surface area (Å²) in [5.74, 6) is -0.420. The molecule has 0 aliphatic rings. The van der Waals surface area contributed by atoms with Gasteiger partial charge in [-0.2, -0.15) is 0 Å². The van der Waals surface area contributed by atoms with E-state index in [1.807, 2.05) is 54.6 Å². The van der Waals surface area contributed by atoms with Gasteiger partial charge in [0.2, 0.25) is 10.0 Å². The summed E-state index contributed by atoms with van der Waals surface area (Å²) >= 11 is 0. The monoisotopic (exact) mass is 454 g/mol. The summed E-state index contributed by atoms with van der Waals surface area (Å²) in [5, 5.41) is 12.4. The number of carbonyl (C=O) groups is 1. The molecule has 0 saturated carbocycles. The van der Waals surface area contributed by atoms with Crippen molar-refractivity contribution in [2.45, 2.75) is 17.7 Å². The molecule has 3 rings (SSSR count). The summed E-state index contributed by atoms with van der Waals surface area (Å²) in [6.07, 6.45) is 1.19. The molecule has 32 heavy (non-hydrogen) atoms. The molecule has 0 aliphatic carbocycles. The number of anilines is 1. The fourth-order valence-electron chi connectivity index (χ4n) is 3.21. The molecule has 3 aromatic rings. The summed E-state index contributed by atoms with van der Waals surface area (Å²) in [7, 11) is -2.31. The van der Waals surface area contributed by atoms with Crippen LogP contribution in [0.5, 0.6) is 5.75 Å². The van der Waals surface area contributed by atoms with Crippen molar-refractivity contribution in [2.24, 2.45) is 0 Å². The summed E-state index contributed by atoms with van der Waals surface area (Å²) in [6, 6.07) is 21.2. The first-order valence-electron chi connectivity index (χ1n) is 10.2. The molecule has 0 aliphatic heterocycles. The number of carboxylic acids is 1. The van der Waals surface area contributed by atoms with Gasteiger partial charge in [-0.25, -0.2) is 17.9 Å². The summed E-state index contributed by atoms with van der Waals surface area (Å²) < 4.78 is 33.7. The minimum Gasteiger partial charge on any atom is -0.497 e. The highest BCUT2D eigenvalue weighted by Crippen LogP contribution is 2.23. The number of sulfonamides is 1. The van der Waals surface area contributed by atoms with E-state index in [4.69, 9.17) is 4.74 Å². The molecule has 0 heterocycles. The van der Waals surface area contributed by atoms with Crippen molar-refractivity contribution >= 4 is 21.7 Å². The Morgan fingerprint density at radius 2 is 1.56 bits per heavy atom. The van der Waals surface area contributed by atoms with E-state index < -0.39 is 16.0 Å². The average molecular weight is 455 g/mol. The molecule has 0 aromatic heterocycles. The van der Waals surface area contributed by atoms with Gasteiger partial charge < -0.3 is 15.2 Å². The predicted molar refractivity (Wildman–Crippen MR) is 124 cm³/mol. The molecule has 3 N–H and O–H groups in total. The molecule has 0 spiro atoms. The summed E-state index contributed by atoms with van der Waals surface area (Å²) in [6.45, 7) is 0.681. The minimum absolute atomic E-state index is 0.0832. The van der Waals surface area contributed by atoms with Crippen LogP contribution in [0.15, 0.2) is 77.7 Å². The van der Waals surface area contributed by atoms with Crippen molar-refractivity contribution < 1.29 is 23.1 Å². The Morgan fingerprint density at radius 1 is 0.906 bits per heavy atom. The average Bonchev–Trinajstić information content (AvgIpc) is 2.80. The fourth-order valence-corrected chi connectivity index (χ4v) is 4.45. The van der Waals surface area contributed by atoms with E-state index >= 15 is 0 Å². The number of hydrogen-bond donors (Lipinski definition) is 3. The quantitative estimate of drug-likeness (QED) is 0.409. The van der Waals surface area contributed by atoms with Crippen molar-refractivity contribution in [1.82, 2.24) is 4.72 Å². The number of benzene rings is 3. The highest BCUT2D eigenvalue weighted by atomic mass is 32.2. The van der Waals surface area contributed by atoms with Crippen LogP contribution in [0, 0.1) is 0 Å². The van der Waals surface area contributed by atoms with Gasteiger partial charge in [-0.05, 0) is 54.3 Å². The lowest BCUT2D eigenvalue weighted by Crippen LogP contribution is -2.27. The highest BCUT2D eigenvalue weighted by Gasteiger charge is 2.20. The van der Waals surface area contributed by atoms with Gasteiger partial charge in [-0.1, -0.05) is 42.5 Å². The van der Waals surface area contributed by atoms with E-state index in [1.165, 1.54) is 18.2 Å². The lowest BCUT2D eigenvalue weighted by molar-refractivity contribution is 0.0696. The van der Waals surface area contributed by atoms with Gasteiger partial charge in [0, 0.05) is 13.1 Å². The van der Waals surface area contributed by atoms with Crippen LogP contribution in [0.1, 0.15) is 21.5 Å². The van der Waals surface area contributed by atoms with E-state index in [-0.39, 0.29) is 17.0 Å². The summed E-state index contributed by atoms with van der Waals surface area (Å²) in [4.78, 5) is 11.3. The molecule has 3 aromatic carbocycles. The highest BCUT2D eigenvalue weighted by molar-refractivity contribution is 7.89. The Labute approximate surface area is 188 Å². The molecule has 0 unspecified atom stereocenters. The third-order valence-corrected chi connectivity index (χ3v) is 6.46. The van der Waals surface area contributed by atoms with E-state index in [1.54, 1.807) is 7.11 Å². The second-order valence-electron chi connectivity index (χ2n) is 7.17. The van der Waals surface area contributed by atoms with Gasteiger partial charge >= 0.3 is 5.97 Å². The van der Waals surface area contributed by atoms with Gasteiger partial charge in [0.15, 0.2) is 0 Å². The fraction of sp³-hybridized carbons (Fsp3) is 0.208. The van der Waals surface area contributed by atoms with Crippen LogP contribution >= 0.6 is 0 Å². The van der Waals surface area contributed by atoms with Crippen LogP contribution < -0.4 is 14.8 Å². The molecule has 0 saturated heterocycles. The van der Waals surface area contributed by atoms with Crippen LogP contribution in [0.25, 0.3) is 0 Å². The first kappa shape index (κ1) is 23.3. The van der Waals surface area contributed by atoms with Gasteiger partial charge in [-0.3, -0.25) is 0 Å². The van der Waals surface area contributed by atoms with E-state index in [2.05, 4.69) is 10.0 Å². The molecule has 0 radical (unpaired) electrons. The van der Waals surface area contributed by atoms with E-state index in [9.17, 15) is 18.3 Å². The summed E-state index contributed by atoms with van der Waals surface area (Å²) in [5.41, 5.74) is 2.34.